The Balaban J connectivity index is 1.97. The summed E-state index contributed by atoms with van der Waals surface area (Å²) < 4.78 is 10.3. The third kappa shape index (κ3) is 3.86. The fraction of sp³-hybridized carbons (Fsp3) is 0.462. The first kappa shape index (κ1) is 14.2. The molecule has 2 rings (SSSR count). The van der Waals surface area contributed by atoms with Crippen LogP contribution < -0.4 is 4.74 Å². The molecule has 1 unspecified atom stereocenters. The Labute approximate surface area is 116 Å². The molecule has 2 aromatic rings. The van der Waals surface area contributed by atoms with Crippen molar-refractivity contribution in [2.75, 3.05) is 26.1 Å². The van der Waals surface area contributed by atoms with Gasteiger partial charge in [0.1, 0.15) is 5.75 Å². The summed E-state index contributed by atoms with van der Waals surface area (Å²) in [6.07, 6.45) is -0.479. The zero-order valence-electron chi connectivity index (χ0n) is 11.0. The number of ether oxygens (including phenoxy) is 2. The molecule has 0 bridgehead atoms. The maximum Gasteiger partial charge on any atom is 0.166 e. The number of hydrogen-bond donors (Lipinski definition) is 2. The van der Waals surface area contributed by atoms with Crippen molar-refractivity contribution >= 4 is 22.8 Å². The average Bonchev–Trinajstić information content (AvgIpc) is 2.84. The number of benzene rings is 1. The van der Waals surface area contributed by atoms with Crippen LogP contribution in [0.2, 0.25) is 0 Å². The van der Waals surface area contributed by atoms with E-state index in [1.165, 1.54) is 11.8 Å². The second-order valence-corrected chi connectivity index (χ2v) is 5.06. The average molecular weight is 282 g/mol. The summed E-state index contributed by atoms with van der Waals surface area (Å²) in [7, 11) is 1.64. The molecule has 1 heterocycles. The van der Waals surface area contributed by atoms with Gasteiger partial charge in [-0.15, -0.1) is 0 Å². The number of aromatic amines is 1. The molecule has 104 valence electrons. The molecule has 5 nitrogen and oxygen atoms in total. The van der Waals surface area contributed by atoms with Gasteiger partial charge in [-0.25, -0.2) is 4.98 Å². The van der Waals surface area contributed by atoms with E-state index in [9.17, 15) is 5.11 Å². The topological polar surface area (TPSA) is 67.4 Å². The van der Waals surface area contributed by atoms with Gasteiger partial charge in [0.25, 0.3) is 0 Å². The predicted octanol–water partition coefficient (Wildman–Crippen LogP) is 2.06. The van der Waals surface area contributed by atoms with Crippen molar-refractivity contribution in [2.45, 2.75) is 18.2 Å². The second kappa shape index (κ2) is 6.79. The van der Waals surface area contributed by atoms with E-state index in [1.54, 1.807) is 7.11 Å². The highest BCUT2D eigenvalue weighted by Gasteiger charge is 2.08. The van der Waals surface area contributed by atoms with Crippen molar-refractivity contribution in [1.82, 2.24) is 9.97 Å². The molecular weight excluding hydrogens is 264 g/mol. The van der Waals surface area contributed by atoms with E-state index in [0.29, 0.717) is 19.0 Å². The van der Waals surface area contributed by atoms with Crippen LogP contribution in [0, 0.1) is 0 Å². The van der Waals surface area contributed by atoms with Crippen LogP contribution in [0.3, 0.4) is 0 Å². The van der Waals surface area contributed by atoms with E-state index in [4.69, 9.17) is 9.47 Å². The Morgan fingerprint density at radius 1 is 1.47 bits per heavy atom. The van der Waals surface area contributed by atoms with Crippen molar-refractivity contribution in [2.24, 2.45) is 0 Å². The third-order valence-corrected chi connectivity index (χ3v) is 3.61. The largest absolute Gasteiger partial charge is 0.497 e. The summed E-state index contributed by atoms with van der Waals surface area (Å²) in [5.74, 6) is 1.35. The lowest BCUT2D eigenvalue weighted by molar-refractivity contribution is 0.0551. The Kier molecular flexibility index (Phi) is 5.07. The molecule has 0 aliphatic rings. The molecule has 0 fully saturated rings. The van der Waals surface area contributed by atoms with Gasteiger partial charge in [-0.2, -0.15) is 0 Å². The molecule has 0 saturated carbocycles. The van der Waals surface area contributed by atoms with Gasteiger partial charge < -0.3 is 19.6 Å². The van der Waals surface area contributed by atoms with Gasteiger partial charge in [0, 0.05) is 18.4 Å². The molecule has 19 heavy (non-hydrogen) atoms. The minimum Gasteiger partial charge on any atom is -0.497 e. The van der Waals surface area contributed by atoms with Gasteiger partial charge in [-0.05, 0) is 19.1 Å². The number of fused-ring (bicyclic) bond motifs is 1. The molecule has 1 aromatic carbocycles. The summed E-state index contributed by atoms with van der Waals surface area (Å²) in [5, 5.41) is 10.5. The summed E-state index contributed by atoms with van der Waals surface area (Å²) in [4.78, 5) is 7.64. The van der Waals surface area contributed by atoms with Crippen LogP contribution in [0.25, 0.3) is 11.0 Å². The highest BCUT2D eigenvalue weighted by molar-refractivity contribution is 7.99. The molecule has 0 amide bonds. The minimum atomic E-state index is -0.479. The first-order valence-corrected chi connectivity index (χ1v) is 7.14. The molecule has 0 saturated heterocycles. The lowest BCUT2D eigenvalue weighted by Gasteiger charge is -2.08. The van der Waals surface area contributed by atoms with Crippen LogP contribution >= 0.6 is 11.8 Å². The Bertz CT molecular complexity index is 530. The molecule has 0 spiro atoms. The van der Waals surface area contributed by atoms with Crippen molar-refractivity contribution in [3.8, 4) is 5.75 Å². The van der Waals surface area contributed by atoms with Gasteiger partial charge in [-0.1, -0.05) is 11.8 Å². The Hall–Kier alpha value is -1.24. The molecule has 6 heteroatoms. The number of imidazole rings is 1. The number of aliphatic hydroxyl groups excluding tert-OH is 1. The number of rotatable bonds is 7. The summed E-state index contributed by atoms with van der Waals surface area (Å²) in [5.41, 5.74) is 1.82. The Morgan fingerprint density at radius 2 is 2.32 bits per heavy atom. The monoisotopic (exact) mass is 282 g/mol. The standard InChI is InChI=1S/C13H18N2O3S/c1-3-18-7-9(16)8-19-13-14-11-5-4-10(17-2)6-12(11)15-13/h4-6,9,16H,3,7-8H2,1-2H3,(H,14,15). The first-order chi connectivity index (χ1) is 9.22. The van der Waals surface area contributed by atoms with Gasteiger partial charge in [0.15, 0.2) is 5.16 Å². The van der Waals surface area contributed by atoms with Crippen LogP contribution in [0.4, 0.5) is 0 Å². The second-order valence-electron chi connectivity index (χ2n) is 4.05. The van der Waals surface area contributed by atoms with E-state index >= 15 is 0 Å². The van der Waals surface area contributed by atoms with Crippen LogP contribution in [0.5, 0.6) is 5.75 Å². The van der Waals surface area contributed by atoms with Crippen molar-refractivity contribution in [3.63, 3.8) is 0 Å². The molecule has 0 aliphatic carbocycles. The number of methoxy groups -OCH3 is 1. The lowest BCUT2D eigenvalue weighted by atomic mass is 10.3. The number of thioether (sulfide) groups is 1. The normalized spacial score (nSPS) is 12.8. The zero-order valence-corrected chi connectivity index (χ0v) is 11.9. The molecule has 1 atom stereocenters. The van der Waals surface area contributed by atoms with Crippen molar-refractivity contribution in [3.05, 3.63) is 18.2 Å². The quantitative estimate of drug-likeness (QED) is 0.761. The van der Waals surface area contributed by atoms with E-state index in [-0.39, 0.29) is 0 Å². The van der Waals surface area contributed by atoms with Gasteiger partial charge >= 0.3 is 0 Å². The summed E-state index contributed by atoms with van der Waals surface area (Å²) in [6.45, 7) is 2.89. The van der Waals surface area contributed by atoms with E-state index in [2.05, 4.69) is 9.97 Å². The number of nitrogens with zero attached hydrogens (tertiary/aromatic N) is 1. The Morgan fingerprint density at radius 3 is 3.05 bits per heavy atom. The maximum atomic E-state index is 9.69. The van der Waals surface area contributed by atoms with E-state index in [1.807, 2.05) is 25.1 Å². The van der Waals surface area contributed by atoms with Gasteiger partial charge in [0.2, 0.25) is 0 Å². The molecular formula is C13H18N2O3S. The molecule has 0 aliphatic heterocycles. The molecule has 0 radical (unpaired) electrons. The van der Waals surface area contributed by atoms with E-state index in [0.717, 1.165) is 21.9 Å². The summed E-state index contributed by atoms with van der Waals surface area (Å²) in [6, 6.07) is 5.69. The fourth-order valence-electron chi connectivity index (χ4n) is 1.64. The first-order valence-electron chi connectivity index (χ1n) is 6.15. The molecule has 2 N–H and O–H groups in total. The van der Waals surface area contributed by atoms with Gasteiger partial charge in [0.05, 0.1) is 30.9 Å². The number of aromatic nitrogens is 2. The number of hydrogen-bond acceptors (Lipinski definition) is 5. The number of aliphatic hydroxyl groups is 1. The van der Waals surface area contributed by atoms with Gasteiger partial charge in [-0.3, -0.25) is 0 Å². The maximum absolute atomic E-state index is 9.69. The smallest absolute Gasteiger partial charge is 0.166 e. The predicted molar refractivity (Wildman–Crippen MR) is 75.9 cm³/mol. The van der Waals surface area contributed by atoms with Crippen molar-refractivity contribution < 1.29 is 14.6 Å². The number of H-pyrrole nitrogens is 1. The minimum absolute atomic E-state index is 0.359. The SMILES string of the molecule is CCOCC(O)CSc1nc2ccc(OC)cc2[nH]1. The third-order valence-electron chi connectivity index (χ3n) is 2.59. The van der Waals surface area contributed by atoms with E-state index < -0.39 is 6.10 Å². The van der Waals surface area contributed by atoms with Crippen LogP contribution in [-0.4, -0.2) is 47.3 Å². The zero-order chi connectivity index (χ0) is 13.7. The lowest BCUT2D eigenvalue weighted by Crippen LogP contribution is -2.17. The highest BCUT2D eigenvalue weighted by atomic mass is 32.2. The van der Waals surface area contributed by atoms with Crippen LogP contribution in [0.15, 0.2) is 23.4 Å². The number of nitrogens with one attached hydrogen (secondary N) is 1. The van der Waals surface area contributed by atoms with Crippen LogP contribution in [-0.2, 0) is 4.74 Å². The van der Waals surface area contributed by atoms with Crippen LogP contribution in [0.1, 0.15) is 6.92 Å². The molecule has 1 aromatic heterocycles. The van der Waals surface area contributed by atoms with Crippen molar-refractivity contribution in [1.29, 1.82) is 0 Å². The highest BCUT2D eigenvalue weighted by Crippen LogP contribution is 2.23. The summed E-state index contributed by atoms with van der Waals surface area (Å²) >= 11 is 1.48. The fourth-order valence-corrected chi connectivity index (χ4v) is 2.43.